The molecule has 1 fully saturated rings. The topological polar surface area (TPSA) is 61.4 Å². The zero-order valence-electron chi connectivity index (χ0n) is 10.5. The Balaban J connectivity index is 2.92. The van der Waals surface area contributed by atoms with Gasteiger partial charge in [-0.05, 0) is 26.3 Å². The van der Waals surface area contributed by atoms with Crippen LogP contribution in [0.5, 0.6) is 0 Å². The SMILES string of the molecule is CCC(C)(CO)NC(=O)C1(C(F)(F)F)CCNC1. The molecule has 1 aliphatic heterocycles. The molecule has 1 saturated heterocycles. The molecule has 2 unspecified atom stereocenters. The van der Waals surface area contributed by atoms with Crippen LogP contribution in [0.4, 0.5) is 13.2 Å². The second-order valence-corrected chi connectivity index (χ2v) is 5.03. The zero-order valence-corrected chi connectivity index (χ0v) is 10.5. The smallest absolute Gasteiger partial charge is 0.394 e. The van der Waals surface area contributed by atoms with Crippen LogP contribution in [0.2, 0.25) is 0 Å². The summed E-state index contributed by atoms with van der Waals surface area (Å²) in [5.41, 5.74) is -3.39. The molecule has 4 nitrogen and oxygen atoms in total. The Kier molecular flexibility index (Phi) is 4.27. The predicted octanol–water partition coefficient (Wildman–Crippen LogP) is 0.806. The van der Waals surface area contributed by atoms with E-state index in [0.717, 1.165) is 0 Å². The van der Waals surface area contributed by atoms with Gasteiger partial charge in [0.15, 0.2) is 5.41 Å². The first-order valence-electron chi connectivity index (χ1n) is 5.92. The van der Waals surface area contributed by atoms with Crippen molar-refractivity contribution in [3.63, 3.8) is 0 Å². The van der Waals surface area contributed by atoms with Crippen molar-refractivity contribution < 1.29 is 23.1 Å². The van der Waals surface area contributed by atoms with Gasteiger partial charge in [0.05, 0.1) is 12.1 Å². The lowest BCUT2D eigenvalue weighted by Gasteiger charge is -2.35. The molecule has 106 valence electrons. The molecule has 18 heavy (non-hydrogen) atoms. The summed E-state index contributed by atoms with van der Waals surface area (Å²) in [4.78, 5) is 12.0. The van der Waals surface area contributed by atoms with Crippen LogP contribution >= 0.6 is 0 Å². The third kappa shape index (κ3) is 2.61. The Morgan fingerprint density at radius 2 is 2.11 bits per heavy atom. The minimum atomic E-state index is -4.59. The highest BCUT2D eigenvalue weighted by Crippen LogP contribution is 2.43. The number of nitrogens with one attached hydrogen (secondary N) is 2. The van der Waals surface area contributed by atoms with Crippen LogP contribution in [0.25, 0.3) is 0 Å². The van der Waals surface area contributed by atoms with Crippen molar-refractivity contribution in [2.75, 3.05) is 19.7 Å². The first-order valence-corrected chi connectivity index (χ1v) is 5.92. The largest absolute Gasteiger partial charge is 0.404 e. The number of aliphatic hydroxyl groups excluding tert-OH is 1. The van der Waals surface area contributed by atoms with E-state index in [4.69, 9.17) is 5.11 Å². The summed E-state index contributed by atoms with van der Waals surface area (Å²) in [5.74, 6) is -1.06. The molecule has 1 heterocycles. The van der Waals surface area contributed by atoms with E-state index in [1.165, 1.54) is 6.92 Å². The van der Waals surface area contributed by atoms with Gasteiger partial charge in [-0.25, -0.2) is 0 Å². The Labute approximate surface area is 104 Å². The number of hydrogen-bond acceptors (Lipinski definition) is 3. The molecule has 3 N–H and O–H groups in total. The van der Waals surface area contributed by atoms with Gasteiger partial charge in [-0.15, -0.1) is 0 Å². The maximum Gasteiger partial charge on any atom is 0.404 e. The van der Waals surface area contributed by atoms with Crippen LogP contribution in [0.15, 0.2) is 0 Å². The molecule has 0 saturated carbocycles. The fraction of sp³-hybridized carbons (Fsp3) is 0.909. The van der Waals surface area contributed by atoms with Crippen molar-refractivity contribution in [2.24, 2.45) is 5.41 Å². The van der Waals surface area contributed by atoms with E-state index in [1.54, 1.807) is 6.92 Å². The summed E-state index contributed by atoms with van der Waals surface area (Å²) in [6.07, 6.45) is -4.51. The minimum absolute atomic E-state index is 0.162. The summed E-state index contributed by atoms with van der Waals surface area (Å²) in [6, 6.07) is 0. The zero-order chi connectivity index (χ0) is 14.0. The number of alkyl halides is 3. The Morgan fingerprint density at radius 1 is 1.50 bits per heavy atom. The number of amides is 1. The van der Waals surface area contributed by atoms with Crippen molar-refractivity contribution in [1.82, 2.24) is 10.6 Å². The lowest BCUT2D eigenvalue weighted by Crippen LogP contribution is -2.59. The summed E-state index contributed by atoms with van der Waals surface area (Å²) in [6.45, 7) is 2.58. The second kappa shape index (κ2) is 5.05. The molecule has 0 aliphatic carbocycles. The number of carbonyl (C=O) groups is 1. The Morgan fingerprint density at radius 3 is 2.44 bits per heavy atom. The number of hydrogen-bond donors (Lipinski definition) is 3. The van der Waals surface area contributed by atoms with Gasteiger partial charge in [0.2, 0.25) is 5.91 Å². The van der Waals surface area contributed by atoms with Crippen LogP contribution in [-0.4, -0.2) is 42.4 Å². The van der Waals surface area contributed by atoms with Gasteiger partial charge in [-0.3, -0.25) is 4.79 Å². The summed E-state index contributed by atoms with van der Waals surface area (Å²) >= 11 is 0. The normalized spacial score (nSPS) is 27.9. The number of aliphatic hydroxyl groups is 1. The van der Waals surface area contributed by atoms with E-state index >= 15 is 0 Å². The average Bonchev–Trinajstić information content (AvgIpc) is 2.78. The van der Waals surface area contributed by atoms with Crippen LogP contribution < -0.4 is 10.6 Å². The lowest BCUT2D eigenvalue weighted by molar-refractivity contribution is -0.217. The minimum Gasteiger partial charge on any atom is -0.394 e. The lowest BCUT2D eigenvalue weighted by atomic mass is 9.83. The third-order valence-electron chi connectivity index (χ3n) is 3.68. The quantitative estimate of drug-likeness (QED) is 0.707. The van der Waals surface area contributed by atoms with Crippen molar-refractivity contribution in [1.29, 1.82) is 0 Å². The van der Waals surface area contributed by atoms with Gasteiger partial charge >= 0.3 is 6.18 Å². The van der Waals surface area contributed by atoms with E-state index in [-0.39, 0.29) is 13.0 Å². The first-order chi connectivity index (χ1) is 8.21. The summed E-state index contributed by atoms with van der Waals surface area (Å²) in [7, 11) is 0. The molecular weight excluding hydrogens is 249 g/mol. The van der Waals surface area contributed by atoms with Gasteiger partial charge in [0, 0.05) is 6.54 Å². The predicted molar refractivity (Wildman–Crippen MR) is 59.9 cm³/mol. The molecule has 0 spiro atoms. The Bertz CT molecular complexity index is 308. The van der Waals surface area contributed by atoms with E-state index in [0.29, 0.717) is 6.42 Å². The molecule has 1 amide bonds. The molecule has 0 aromatic rings. The maximum absolute atomic E-state index is 13.1. The summed E-state index contributed by atoms with van der Waals surface area (Å²) in [5, 5.41) is 14.1. The number of halogens is 3. The van der Waals surface area contributed by atoms with Crippen molar-refractivity contribution in [3.05, 3.63) is 0 Å². The maximum atomic E-state index is 13.1. The molecule has 0 radical (unpaired) electrons. The molecular formula is C11H19F3N2O2. The molecule has 7 heteroatoms. The Hall–Kier alpha value is -0.820. The van der Waals surface area contributed by atoms with Crippen LogP contribution in [0.1, 0.15) is 26.7 Å². The average molecular weight is 268 g/mol. The van der Waals surface area contributed by atoms with Crippen LogP contribution in [-0.2, 0) is 4.79 Å². The van der Waals surface area contributed by atoms with E-state index in [1.807, 2.05) is 0 Å². The van der Waals surface area contributed by atoms with Gasteiger partial charge in [-0.2, -0.15) is 13.2 Å². The van der Waals surface area contributed by atoms with Crippen LogP contribution in [0.3, 0.4) is 0 Å². The highest BCUT2D eigenvalue weighted by atomic mass is 19.4. The molecule has 0 aromatic carbocycles. The number of carbonyl (C=O) groups excluding carboxylic acids is 1. The van der Waals surface area contributed by atoms with Gasteiger partial charge in [0.1, 0.15) is 0 Å². The summed E-state index contributed by atoms with van der Waals surface area (Å²) < 4.78 is 39.3. The van der Waals surface area contributed by atoms with Gasteiger partial charge in [0.25, 0.3) is 0 Å². The van der Waals surface area contributed by atoms with Crippen molar-refractivity contribution >= 4 is 5.91 Å². The molecule has 1 aliphatic rings. The standard InChI is InChI=1S/C11H19F3N2O2/c1-3-9(2,7-17)16-8(18)10(11(12,13)14)4-5-15-6-10/h15,17H,3-7H2,1-2H3,(H,16,18). The molecule has 1 rings (SSSR count). The first kappa shape index (κ1) is 15.2. The third-order valence-corrected chi connectivity index (χ3v) is 3.68. The second-order valence-electron chi connectivity index (χ2n) is 5.03. The van der Waals surface area contributed by atoms with Gasteiger partial charge in [-0.1, -0.05) is 6.92 Å². The van der Waals surface area contributed by atoms with Crippen LogP contribution in [0, 0.1) is 5.41 Å². The van der Waals surface area contributed by atoms with Crippen molar-refractivity contribution in [3.8, 4) is 0 Å². The number of rotatable bonds is 4. The molecule has 0 bridgehead atoms. The van der Waals surface area contributed by atoms with Gasteiger partial charge < -0.3 is 15.7 Å². The highest BCUT2D eigenvalue weighted by molar-refractivity contribution is 5.85. The molecule has 2 atom stereocenters. The van der Waals surface area contributed by atoms with E-state index in [2.05, 4.69) is 10.6 Å². The molecule has 0 aromatic heterocycles. The fourth-order valence-electron chi connectivity index (χ4n) is 1.89. The highest BCUT2D eigenvalue weighted by Gasteiger charge is 2.61. The van der Waals surface area contributed by atoms with E-state index in [9.17, 15) is 18.0 Å². The van der Waals surface area contributed by atoms with E-state index < -0.39 is 36.2 Å². The fourth-order valence-corrected chi connectivity index (χ4v) is 1.89. The monoisotopic (exact) mass is 268 g/mol. The van der Waals surface area contributed by atoms with Crippen molar-refractivity contribution in [2.45, 2.75) is 38.4 Å².